The minimum atomic E-state index is -3.22. The highest BCUT2D eigenvalue weighted by atomic mass is 32.2. The average Bonchev–Trinajstić information content (AvgIpc) is 3.17. The van der Waals surface area contributed by atoms with Crippen LogP contribution in [0.5, 0.6) is 5.88 Å². The SMILES string of the molecule is CS(=O)(=O)c1ccc(OCCC2CC2C2CCN(c3nnc(C4CCCC4)o3)CC2)nc1. The predicted octanol–water partition coefficient (Wildman–Crippen LogP) is 3.85. The van der Waals surface area contributed by atoms with Crippen LogP contribution in [0, 0.1) is 17.8 Å². The molecule has 0 aromatic carbocycles. The van der Waals surface area contributed by atoms with Gasteiger partial charge >= 0.3 is 6.01 Å². The average molecular weight is 461 g/mol. The van der Waals surface area contributed by atoms with Crippen molar-refractivity contribution in [1.82, 2.24) is 15.2 Å². The molecule has 0 bridgehead atoms. The van der Waals surface area contributed by atoms with Gasteiger partial charge in [0, 0.05) is 37.5 Å². The van der Waals surface area contributed by atoms with E-state index in [0.29, 0.717) is 24.4 Å². The summed E-state index contributed by atoms with van der Waals surface area (Å²) < 4.78 is 34.8. The van der Waals surface area contributed by atoms with Gasteiger partial charge in [0.2, 0.25) is 11.8 Å². The van der Waals surface area contributed by atoms with Crippen LogP contribution in [-0.2, 0) is 9.84 Å². The molecule has 0 N–H and O–H groups in total. The standard InChI is InChI=1S/C23H32N4O4S/c1-32(28,29)19-6-7-21(24-15-19)30-13-10-18-14-20(18)16-8-11-27(12-9-16)23-26-25-22(31-23)17-4-2-3-5-17/h6-7,15-18,20H,2-5,8-14H2,1H3. The van der Waals surface area contributed by atoms with Gasteiger partial charge in [0.05, 0.1) is 11.5 Å². The maximum Gasteiger partial charge on any atom is 0.318 e. The number of ether oxygens (including phenoxy) is 1. The summed E-state index contributed by atoms with van der Waals surface area (Å²) in [6.07, 6.45) is 12.1. The molecule has 5 rings (SSSR count). The minimum Gasteiger partial charge on any atom is -0.478 e. The van der Waals surface area contributed by atoms with Crippen molar-refractivity contribution < 1.29 is 17.6 Å². The van der Waals surface area contributed by atoms with Gasteiger partial charge in [-0.15, -0.1) is 5.10 Å². The Bertz CT molecular complexity index is 1010. The quantitative estimate of drug-likeness (QED) is 0.586. The molecule has 32 heavy (non-hydrogen) atoms. The molecule has 2 atom stereocenters. The summed E-state index contributed by atoms with van der Waals surface area (Å²) in [6.45, 7) is 2.61. The summed E-state index contributed by atoms with van der Waals surface area (Å²) in [6, 6.07) is 3.89. The number of rotatable bonds is 8. The van der Waals surface area contributed by atoms with Gasteiger partial charge in [-0.1, -0.05) is 17.9 Å². The van der Waals surface area contributed by atoms with Crippen LogP contribution in [0.2, 0.25) is 0 Å². The number of aromatic nitrogens is 3. The lowest BCUT2D eigenvalue weighted by atomic mass is 9.91. The van der Waals surface area contributed by atoms with Gasteiger partial charge < -0.3 is 14.1 Å². The van der Waals surface area contributed by atoms with Gasteiger partial charge in [0.15, 0.2) is 9.84 Å². The van der Waals surface area contributed by atoms with E-state index in [1.165, 1.54) is 57.4 Å². The number of pyridine rings is 1. The lowest BCUT2D eigenvalue weighted by molar-refractivity contribution is 0.275. The highest BCUT2D eigenvalue weighted by Crippen LogP contribution is 2.50. The minimum absolute atomic E-state index is 0.216. The first-order valence-corrected chi connectivity index (χ1v) is 13.7. The van der Waals surface area contributed by atoms with E-state index in [1.54, 1.807) is 12.1 Å². The van der Waals surface area contributed by atoms with Gasteiger partial charge in [0.25, 0.3) is 0 Å². The molecular formula is C23H32N4O4S. The zero-order valence-corrected chi connectivity index (χ0v) is 19.5. The Hall–Kier alpha value is -2.16. The zero-order valence-electron chi connectivity index (χ0n) is 18.6. The van der Waals surface area contributed by atoms with Crippen molar-refractivity contribution in [3.05, 3.63) is 24.2 Å². The molecule has 174 valence electrons. The van der Waals surface area contributed by atoms with Crippen LogP contribution >= 0.6 is 0 Å². The number of nitrogens with zero attached hydrogens (tertiary/aromatic N) is 4. The fourth-order valence-electron chi connectivity index (χ4n) is 5.38. The molecule has 1 saturated heterocycles. The third-order valence-electron chi connectivity index (χ3n) is 7.40. The molecule has 2 unspecified atom stereocenters. The van der Waals surface area contributed by atoms with Gasteiger partial charge in [-0.3, -0.25) is 0 Å². The van der Waals surface area contributed by atoms with E-state index in [2.05, 4.69) is 20.1 Å². The van der Waals surface area contributed by atoms with E-state index in [9.17, 15) is 8.42 Å². The molecule has 9 heteroatoms. The summed E-state index contributed by atoms with van der Waals surface area (Å²) in [7, 11) is -3.22. The number of hydrogen-bond donors (Lipinski definition) is 0. The van der Waals surface area contributed by atoms with Crippen LogP contribution in [0.1, 0.15) is 63.2 Å². The Morgan fingerprint density at radius 2 is 1.91 bits per heavy atom. The fraction of sp³-hybridized carbons (Fsp3) is 0.696. The summed E-state index contributed by atoms with van der Waals surface area (Å²) in [5.74, 6) is 4.07. The van der Waals surface area contributed by atoms with Gasteiger partial charge in [-0.2, -0.15) is 0 Å². The van der Waals surface area contributed by atoms with E-state index in [1.807, 2.05) is 0 Å². The lowest BCUT2D eigenvalue weighted by Crippen LogP contribution is -2.34. The molecule has 1 aliphatic heterocycles. The molecule has 3 aliphatic rings. The van der Waals surface area contributed by atoms with E-state index in [-0.39, 0.29) is 4.90 Å². The maximum atomic E-state index is 11.5. The second-order valence-corrected chi connectivity index (χ2v) is 11.6. The van der Waals surface area contributed by atoms with Crippen molar-refractivity contribution in [1.29, 1.82) is 0 Å². The molecule has 2 aliphatic carbocycles. The van der Waals surface area contributed by atoms with Crippen LogP contribution < -0.4 is 9.64 Å². The molecule has 2 aromatic heterocycles. The second kappa shape index (κ2) is 9.00. The summed E-state index contributed by atoms with van der Waals surface area (Å²) in [5.41, 5.74) is 0. The Labute approximate surface area is 189 Å². The highest BCUT2D eigenvalue weighted by Gasteiger charge is 2.43. The van der Waals surface area contributed by atoms with Crippen molar-refractivity contribution in [3.63, 3.8) is 0 Å². The second-order valence-electron chi connectivity index (χ2n) is 9.63. The van der Waals surface area contributed by atoms with E-state index >= 15 is 0 Å². The van der Waals surface area contributed by atoms with Crippen LogP contribution in [0.4, 0.5) is 6.01 Å². The third-order valence-corrected chi connectivity index (χ3v) is 8.50. The van der Waals surface area contributed by atoms with Crippen molar-refractivity contribution >= 4 is 15.9 Å². The van der Waals surface area contributed by atoms with Crippen molar-refractivity contribution in [2.45, 2.75) is 62.2 Å². The normalized spacial score (nSPS) is 24.7. The van der Waals surface area contributed by atoms with Gasteiger partial charge in [0.1, 0.15) is 0 Å². The highest BCUT2D eigenvalue weighted by molar-refractivity contribution is 7.90. The Morgan fingerprint density at radius 1 is 1.12 bits per heavy atom. The molecule has 0 radical (unpaired) electrons. The first-order chi connectivity index (χ1) is 15.5. The van der Waals surface area contributed by atoms with Crippen molar-refractivity contribution in [2.75, 3.05) is 30.9 Å². The number of hydrogen-bond acceptors (Lipinski definition) is 8. The van der Waals surface area contributed by atoms with Crippen molar-refractivity contribution in [2.24, 2.45) is 17.8 Å². The van der Waals surface area contributed by atoms with E-state index in [4.69, 9.17) is 9.15 Å². The molecule has 3 fully saturated rings. The summed E-state index contributed by atoms with van der Waals surface area (Å²) in [4.78, 5) is 6.58. The van der Waals surface area contributed by atoms with Crippen LogP contribution in [0.15, 0.2) is 27.6 Å². The third kappa shape index (κ3) is 4.92. The number of sulfone groups is 1. The lowest BCUT2D eigenvalue weighted by Gasteiger charge is -2.31. The van der Waals surface area contributed by atoms with Crippen molar-refractivity contribution in [3.8, 4) is 5.88 Å². The first-order valence-electron chi connectivity index (χ1n) is 11.8. The van der Waals surface area contributed by atoms with Crippen LogP contribution in [0.25, 0.3) is 0 Å². The van der Waals surface area contributed by atoms with Gasteiger partial charge in [-0.05, 0) is 62.3 Å². The monoisotopic (exact) mass is 460 g/mol. The number of piperidine rings is 1. The van der Waals surface area contributed by atoms with E-state index in [0.717, 1.165) is 43.2 Å². The molecule has 2 saturated carbocycles. The number of anilines is 1. The molecular weight excluding hydrogens is 428 g/mol. The molecule has 3 heterocycles. The largest absolute Gasteiger partial charge is 0.478 e. The molecule has 2 aromatic rings. The van der Waals surface area contributed by atoms with E-state index < -0.39 is 9.84 Å². The predicted molar refractivity (Wildman–Crippen MR) is 119 cm³/mol. The summed E-state index contributed by atoms with van der Waals surface area (Å²) in [5, 5.41) is 8.65. The Balaban J connectivity index is 1.03. The Kier molecular flexibility index (Phi) is 6.09. The molecule has 8 nitrogen and oxygen atoms in total. The smallest absolute Gasteiger partial charge is 0.318 e. The Morgan fingerprint density at radius 3 is 2.59 bits per heavy atom. The molecule has 0 amide bonds. The maximum absolute atomic E-state index is 11.5. The zero-order chi connectivity index (χ0) is 22.1. The van der Waals surface area contributed by atoms with Crippen LogP contribution in [-0.4, -0.2) is 49.6 Å². The van der Waals surface area contributed by atoms with Crippen LogP contribution in [0.3, 0.4) is 0 Å². The summed E-state index contributed by atoms with van der Waals surface area (Å²) >= 11 is 0. The topological polar surface area (TPSA) is 98.4 Å². The van der Waals surface area contributed by atoms with Gasteiger partial charge in [-0.25, -0.2) is 13.4 Å². The first kappa shape index (κ1) is 21.7. The fourth-order valence-corrected chi connectivity index (χ4v) is 5.94. The molecule has 0 spiro atoms.